The number of amides is 1. The van der Waals surface area contributed by atoms with E-state index >= 15 is 0 Å². The summed E-state index contributed by atoms with van der Waals surface area (Å²) >= 11 is 0. The van der Waals surface area contributed by atoms with E-state index in [4.69, 9.17) is 9.47 Å². The van der Waals surface area contributed by atoms with Crippen LogP contribution in [-0.2, 0) is 17.8 Å². The van der Waals surface area contributed by atoms with Crippen LogP contribution in [0.5, 0.6) is 5.75 Å². The normalized spacial score (nSPS) is 14.2. The Labute approximate surface area is 132 Å². The largest absolute Gasteiger partial charge is 0.492 e. The third kappa shape index (κ3) is 4.63. The lowest BCUT2D eigenvalue weighted by atomic mass is 10.1. The number of likely N-dealkylation sites (N-methyl/N-ethyl adjacent to an activating group) is 1. The summed E-state index contributed by atoms with van der Waals surface area (Å²) in [4.78, 5) is 15.9. The van der Waals surface area contributed by atoms with E-state index in [0.29, 0.717) is 19.7 Å². The second-order valence-corrected chi connectivity index (χ2v) is 6.92. The predicted octanol–water partition coefficient (Wildman–Crippen LogP) is 2.88. The highest BCUT2D eigenvalue weighted by Crippen LogP contribution is 2.28. The number of carbonyl (C=O) groups is 1. The molecule has 0 aromatic heterocycles. The molecule has 0 aliphatic carbocycles. The molecule has 5 nitrogen and oxygen atoms in total. The SMILES string of the molecule is CN(C)CCOc1ccc2c(c1)CN(C(=O)OC(C)(C)C)C2. The Hall–Kier alpha value is -1.75. The summed E-state index contributed by atoms with van der Waals surface area (Å²) in [6.45, 7) is 8.35. The van der Waals surface area contributed by atoms with Crippen LogP contribution in [0.2, 0.25) is 0 Å². The fourth-order valence-electron chi connectivity index (χ4n) is 2.26. The summed E-state index contributed by atoms with van der Waals surface area (Å²) in [7, 11) is 4.04. The van der Waals surface area contributed by atoms with Crippen LogP contribution in [0.4, 0.5) is 4.79 Å². The van der Waals surface area contributed by atoms with E-state index in [9.17, 15) is 4.79 Å². The number of rotatable bonds is 4. The van der Waals surface area contributed by atoms with Crippen molar-refractivity contribution in [2.45, 2.75) is 39.5 Å². The summed E-state index contributed by atoms with van der Waals surface area (Å²) < 4.78 is 11.2. The summed E-state index contributed by atoms with van der Waals surface area (Å²) in [5.74, 6) is 0.853. The molecule has 22 heavy (non-hydrogen) atoms. The number of nitrogens with zero attached hydrogens (tertiary/aromatic N) is 2. The molecule has 0 saturated carbocycles. The first-order chi connectivity index (χ1) is 10.2. The topological polar surface area (TPSA) is 42.0 Å². The minimum atomic E-state index is -0.466. The number of benzene rings is 1. The molecule has 0 fully saturated rings. The summed E-state index contributed by atoms with van der Waals surface area (Å²) in [6, 6.07) is 6.02. The Bertz CT molecular complexity index is 535. The molecule has 0 bridgehead atoms. The smallest absolute Gasteiger partial charge is 0.410 e. The van der Waals surface area contributed by atoms with Gasteiger partial charge in [0.2, 0.25) is 0 Å². The van der Waals surface area contributed by atoms with Crippen LogP contribution in [0.3, 0.4) is 0 Å². The highest BCUT2D eigenvalue weighted by Gasteiger charge is 2.27. The van der Waals surface area contributed by atoms with Crippen molar-refractivity contribution in [2.75, 3.05) is 27.2 Å². The highest BCUT2D eigenvalue weighted by molar-refractivity contribution is 5.69. The lowest BCUT2D eigenvalue weighted by Gasteiger charge is -2.24. The van der Waals surface area contributed by atoms with Gasteiger partial charge in [-0.1, -0.05) is 6.07 Å². The Morgan fingerprint density at radius 2 is 1.91 bits per heavy atom. The minimum Gasteiger partial charge on any atom is -0.492 e. The van der Waals surface area contributed by atoms with Crippen LogP contribution >= 0.6 is 0 Å². The van der Waals surface area contributed by atoms with Gasteiger partial charge in [-0.25, -0.2) is 4.79 Å². The van der Waals surface area contributed by atoms with Crippen LogP contribution in [0.25, 0.3) is 0 Å². The third-order valence-electron chi connectivity index (χ3n) is 3.36. The zero-order valence-corrected chi connectivity index (χ0v) is 14.2. The molecule has 0 radical (unpaired) electrons. The molecule has 5 heteroatoms. The molecular weight excluding hydrogens is 280 g/mol. The van der Waals surface area contributed by atoms with E-state index in [1.165, 1.54) is 0 Å². The van der Waals surface area contributed by atoms with Crippen molar-refractivity contribution in [2.24, 2.45) is 0 Å². The van der Waals surface area contributed by atoms with Crippen molar-refractivity contribution in [3.8, 4) is 5.75 Å². The van der Waals surface area contributed by atoms with E-state index in [1.807, 2.05) is 53.1 Å². The molecule has 1 aromatic rings. The van der Waals surface area contributed by atoms with E-state index < -0.39 is 5.60 Å². The van der Waals surface area contributed by atoms with Crippen LogP contribution in [-0.4, -0.2) is 48.7 Å². The highest BCUT2D eigenvalue weighted by atomic mass is 16.6. The second kappa shape index (κ2) is 6.57. The van der Waals surface area contributed by atoms with Crippen LogP contribution in [0.1, 0.15) is 31.9 Å². The Morgan fingerprint density at radius 3 is 2.55 bits per heavy atom. The van der Waals surface area contributed by atoms with Crippen molar-refractivity contribution < 1.29 is 14.3 Å². The Kier molecular flexibility index (Phi) is 4.96. The molecule has 0 spiro atoms. The maximum absolute atomic E-state index is 12.1. The van der Waals surface area contributed by atoms with Crippen molar-refractivity contribution in [1.29, 1.82) is 0 Å². The molecule has 2 rings (SSSR count). The van der Waals surface area contributed by atoms with E-state index in [-0.39, 0.29) is 6.09 Å². The molecular formula is C17H26N2O3. The van der Waals surface area contributed by atoms with Gasteiger partial charge in [0.1, 0.15) is 18.0 Å². The van der Waals surface area contributed by atoms with E-state index in [0.717, 1.165) is 23.4 Å². The van der Waals surface area contributed by atoms with Crippen LogP contribution in [0, 0.1) is 0 Å². The first-order valence-corrected chi connectivity index (χ1v) is 7.62. The molecule has 1 aliphatic heterocycles. The van der Waals surface area contributed by atoms with Gasteiger partial charge in [-0.15, -0.1) is 0 Å². The van der Waals surface area contributed by atoms with Crippen molar-refractivity contribution in [3.63, 3.8) is 0 Å². The van der Waals surface area contributed by atoms with Crippen molar-refractivity contribution >= 4 is 6.09 Å². The summed E-state index contributed by atoms with van der Waals surface area (Å²) in [6.07, 6.45) is -0.265. The molecule has 1 aromatic carbocycles. The standard InChI is InChI=1S/C17H26N2O3/c1-17(2,3)22-16(20)19-11-13-6-7-15(10-14(13)12-19)21-9-8-18(4)5/h6-7,10H,8-9,11-12H2,1-5H3. The van der Waals surface area contributed by atoms with Crippen molar-refractivity contribution in [3.05, 3.63) is 29.3 Å². The molecule has 1 aliphatic rings. The average Bonchev–Trinajstić information content (AvgIpc) is 2.79. The second-order valence-electron chi connectivity index (χ2n) is 6.92. The molecule has 0 unspecified atom stereocenters. The van der Waals surface area contributed by atoms with Gasteiger partial charge in [0, 0.05) is 19.6 Å². The number of hydrogen-bond donors (Lipinski definition) is 0. The lowest BCUT2D eigenvalue weighted by molar-refractivity contribution is 0.0242. The predicted molar refractivity (Wildman–Crippen MR) is 86.0 cm³/mol. The number of hydrogen-bond acceptors (Lipinski definition) is 4. The van der Waals surface area contributed by atoms with Crippen LogP contribution < -0.4 is 4.74 Å². The van der Waals surface area contributed by atoms with Gasteiger partial charge < -0.3 is 14.4 Å². The van der Waals surface area contributed by atoms with Crippen LogP contribution in [0.15, 0.2) is 18.2 Å². The van der Waals surface area contributed by atoms with Gasteiger partial charge in [0.05, 0.1) is 0 Å². The molecule has 0 saturated heterocycles. The minimum absolute atomic E-state index is 0.265. The third-order valence-corrected chi connectivity index (χ3v) is 3.36. The molecule has 0 N–H and O–H groups in total. The van der Waals surface area contributed by atoms with Gasteiger partial charge in [0.25, 0.3) is 0 Å². The maximum atomic E-state index is 12.1. The first-order valence-electron chi connectivity index (χ1n) is 7.62. The molecule has 0 atom stereocenters. The number of carbonyl (C=O) groups excluding carboxylic acids is 1. The molecule has 1 heterocycles. The molecule has 1 amide bonds. The van der Waals surface area contributed by atoms with Gasteiger partial charge in [-0.05, 0) is 58.1 Å². The summed E-state index contributed by atoms with van der Waals surface area (Å²) in [5.41, 5.74) is 1.82. The van der Waals surface area contributed by atoms with Gasteiger partial charge in [-0.2, -0.15) is 0 Å². The number of fused-ring (bicyclic) bond motifs is 1. The number of ether oxygens (including phenoxy) is 2. The lowest BCUT2D eigenvalue weighted by Crippen LogP contribution is -2.33. The van der Waals surface area contributed by atoms with Gasteiger partial charge >= 0.3 is 6.09 Å². The van der Waals surface area contributed by atoms with Gasteiger partial charge in [-0.3, -0.25) is 4.90 Å². The monoisotopic (exact) mass is 306 g/mol. The Balaban J connectivity index is 1.95. The summed E-state index contributed by atoms with van der Waals surface area (Å²) in [5, 5.41) is 0. The van der Waals surface area contributed by atoms with E-state index in [2.05, 4.69) is 4.90 Å². The fraction of sp³-hybridized carbons (Fsp3) is 0.588. The molecule has 122 valence electrons. The maximum Gasteiger partial charge on any atom is 0.410 e. The zero-order chi connectivity index (χ0) is 16.3. The first kappa shape index (κ1) is 16.6. The van der Waals surface area contributed by atoms with Crippen molar-refractivity contribution in [1.82, 2.24) is 9.80 Å². The fourth-order valence-corrected chi connectivity index (χ4v) is 2.26. The zero-order valence-electron chi connectivity index (χ0n) is 14.2. The quantitative estimate of drug-likeness (QED) is 0.858. The van der Waals surface area contributed by atoms with E-state index in [1.54, 1.807) is 4.90 Å². The Morgan fingerprint density at radius 1 is 1.23 bits per heavy atom. The van der Waals surface area contributed by atoms with Gasteiger partial charge in [0.15, 0.2) is 0 Å². The average molecular weight is 306 g/mol.